The van der Waals surface area contributed by atoms with Crippen molar-refractivity contribution in [1.82, 2.24) is 0 Å². The molecule has 1 nitrogen and oxygen atoms in total. The summed E-state index contributed by atoms with van der Waals surface area (Å²) in [5.74, 6) is -0.913. The molecule has 78 valence electrons. The van der Waals surface area contributed by atoms with E-state index in [1.54, 1.807) is 0 Å². The monoisotopic (exact) mass is 227 g/mol. The van der Waals surface area contributed by atoms with Gasteiger partial charge in [0.15, 0.2) is 0 Å². The van der Waals surface area contributed by atoms with Gasteiger partial charge in [-0.05, 0) is 11.6 Å². The van der Waals surface area contributed by atoms with E-state index in [2.05, 4.69) is 0 Å². The number of alkyl halides is 3. The molecule has 2 N–H and O–H groups in total. The van der Waals surface area contributed by atoms with Crippen LogP contribution >= 0.6 is 11.6 Å². The summed E-state index contributed by atoms with van der Waals surface area (Å²) in [4.78, 5) is 0. The molecule has 0 fully saturated rings. The molecule has 0 aromatic heterocycles. The van der Waals surface area contributed by atoms with Crippen LogP contribution in [0.2, 0.25) is 5.02 Å². The van der Waals surface area contributed by atoms with Gasteiger partial charge in [-0.25, -0.2) is 4.39 Å². The van der Waals surface area contributed by atoms with Gasteiger partial charge in [-0.2, -0.15) is 13.2 Å². The highest BCUT2D eigenvalue weighted by atomic mass is 35.5. The number of nitrogens with two attached hydrogens (primary N) is 1. The minimum atomic E-state index is -4.63. The molecule has 1 unspecified atom stereocenters. The summed E-state index contributed by atoms with van der Waals surface area (Å²) in [5.41, 5.74) is 4.41. The molecular formula is C8H6ClF4N. The van der Waals surface area contributed by atoms with Gasteiger partial charge >= 0.3 is 6.18 Å². The maximum Gasteiger partial charge on any atom is 0.407 e. The Balaban J connectivity index is 3.14. The lowest BCUT2D eigenvalue weighted by Gasteiger charge is -2.17. The Hall–Kier alpha value is -0.810. The quantitative estimate of drug-likeness (QED) is 0.734. The third-order valence-electron chi connectivity index (χ3n) is 1.67. The molecule has 1 rings (SSSR count). The van der Waals surface area contributed by atoms with Crippen molar-refractivity contribution in [2.24, 2.45) is 5.73 Å². The number of rotatable bonds is 1. The van der Waals surface area contributed by atoms with Crippen LogP contribution in [0.1, 0.15) is 11.6 Å². The highest BCUT2D eigenvalue weighted by molar-refractivity contribution is 6.31. The molecule has 0 spiro atoms. The van der Waals surface area contributed by atoms with E-state index in [0.717, 1.165) is 18.2 Å². The zero-order valence-corrected chi connectivity index (χ0v) is 7.53. The second kappa shape index (κ2) is 3.74. The van der Waals surface area contributed by atoms with Gasteiger partial charge in [0, 0.05) is 0 Å². The van der Waals surface area contributed by atoms with Crippen molar-refractivity contribution in [2.45, 2.75) is 12.2 Å². The van der Waals surface area contributed by atoms with E-state index in [9.17, 15) is 17.6 Å². The third-order valence-corrected chi connectivity index (χ3v) is 2.07. The van der Waals surface area contributed by atoms with Crippen LogP contribution in [-0.4, -0.2) is 6.18 Å². The highest BCUT2D eigenvalue weighted by Gasteiger charge is 2.39. The van der Waals surface area contributed by atoms with Crippen LogP contribution in [0.25, 0.3) is 0 Å². The van der Waals surface area contributed by atoms with Crippen LogP contribution in [0, 0.1) is 5.82 Å². The molecule has 14 heavy (non-hydrogen) atoms. The molecule has 0 heterocycles. The molecule has 1 aromatic carbocycles. The molecule has 0 amide bonds. The van der Waals surface area contributed by atoms with Crippen LogP contribution < -0.4 is 5.73 Å². The first-order valence-corrected chi connectivity index (χ1v) is 3.98. The average Bonchev–Trinajstić information content (AvgIpc) is 2.07. The molecular weight excluding hydrogens is 222 g/mol. The Kier molecular flexibility index (Phi) is 3.01. The van der Waals surface area contributed by atoms with E-state index >= 15 is 0 Å². The molecule has 0 aliphatic heterocycles. The van der Waals surface area contributed by atoms with Gasteiger partial charge in [0.1, 0.15) is 11.9 Å². The summed E-state index contributed by atoms with van der Waals surface area (Å²) in [6.07, 6.45) is -4.63. The topological polar surface area (TPSA) is 26.0 Å². The summed E-state index contributed by atoms with van der Waals surface area (Å²) in [6.45, 7) is 0. The lowest BCUT2D eigenvalue weighted by molar-refractivity contribution is -0.149. The molecule has 0 bridgehead atoms. The van der Waals surface area contributed by atoms with Gasteiger partial charge in [0.25, 0.3) is 0 Å². The van der Waals surface area contributed by atoms with Crippen LogP contribution in [0.3, 0.4) is 0 Å². The van der Waals surface area contributed by atoms with Gasteiger partial charge in [-0.1, -0.05) is 23.7 Å². The van der Waals surface area contributed by atoms with E-state index in [0.29, 0.717) is 0 Å². The van der Waals surface area contributed by atoms with E-state index < -0.39 is 28.6 Å². The smallest absolute Gasteiger partial charge is 0.316 e. The standard InChI is InChI=1S/C8H6ClF4N/c9-6-4(2-1-3-5(6)10)7(14)8(11,12)13/h1-3,7H,14H2. The Morgan fingerprint density at radius 2 is 1.86 bits per heavy atom. The van der Waals surface area contributed by atoms with Gasteiger partial charge in [0.2, 0.25) is 0 Å². The van der Waals surface area contributed by atoms with E-state index in [4.69, 9.17) is 17.3 Å². The Labute approximate surface area is 82.5 Å². The molecule has 0 aliphatic carbocycles. The van der Waals surface area contributed by atoms with Crippen molar-refractivity contribution in [3.05, 3.63) is 34.6 Å². The fourth-order valence-electron chi connectivity index (χ4n) is 0.937. The van der Waals surface area contributed by atoms with Crippen LogP contribution in [0.5, 0.6) is 0 Å². The first-order valence-electron chi connectivity index (χ1n) is 3.60. The number of halogens is 5. The summed E-state index contributed by atoms with van der Waals surface area (Å²) in [6, 6.07) is 0.881. The van der Waals surface area contributed by atoms with Crippen molar-refractivity contribution in [1.29, 1.82) is 0 Å². The zero-order valence-electron chi connectivity index (χ0n) is 6.78. The Bertz CT molecular complexity index is 337. The second-order valence-corrected chi connectivity index (χ2v) is 3.04. The van der Waals surface area contributed by atoms with Gasteiger partial charge in [-0.3, -0.25) is 0 Å². The minimum absolute atomic E-state index is 0.459. The van der Waals surface area contributed by atoms with Gasteiger partial charge in [-0.15, -0.1) is 0 Å². The maximum absolute atomic E-state index is 12.8. The fraction of sp³-hybridized carbons (Fsp3) is 0.250. The maximum atomic E-state index is 12.8. The van der Waals surface area contributed by atoms with E-state index in [1.807, 2.05) is 0 Å². The zero-order chi connectivity index (χ0) is 10.9. The predicted molar refractivity (Wildman–Crippen MR) is 44.4 cm³/mol. The predicted octanol–water partition coefficient (Wildman–Crippen LogP) is 3.04. The minimum Gasteiger partial charge on any atom is -0.316 e. The summed E-state index contributed by atoms with van der Waals surface area (Å²) in [7, 11) is 0. The normalized spacial score (nSPS) is 14.1. The molecule has 0 aliphatic rings. The SMILES string of the molecule is NC(c1cccc(F)c1Cl)C(F)(F)F. The summed E-state index contributed by atoms with van der Waals surface area (Å²) < 4.78 is 49.2. The Morgan fingerprint density at radius 1 is 1.29 bits per heavy atom. The number of hydrogen-bond donors (Lipinski definition) is 1. The third kappa shape index (κ3) is 2.16. The highest BCUT2D eigenvalue weighted by Crippen LogP contribution is 2.34. The molecule has 0 radical (unpaired) electrons. The largest absolute Gasteiger partial charge is 0.407 e. The molecule has 6 heteroatoms. The average molecular weight is 228 g/mol. The fourth-order valence-corrected chi connectivity index (χ4v) is 1.18. The van der Waals surface area contributed by atoms with Crippen molar-refractivity contribution in [3.63, 3.8) is 0 Å². The molecule has 1 aromatic rings. The van der Waals surface area contributed by atoms with Crippen molar-refractivity contribution in [2.75, 3.05) is 0 Å². The number of hydrogen-bond acceptors (Lipinski definition) is 1. The summed E-state index contributed by atoms with van der Waals surface area (Å²) in [5, 5.41) is -0.586. The first-order chi connectivity index (χ1) is 6.34. The van der Waals surface area contributed by atoms with Crippen LogP contribution in [0.15, 0.2) is 18.2 Å². The molecule has 1 atom stereocenters. The van der Waals surface area contributed by atoms with Crippen LogP contribution in [0.4, 0.5) is 17.6 Å². The van der Waals surface area contributed by atoms with Crippen LogP contribution in [-0.2, 0) is 0 Å². The lowest BCUT2D eigenvalue weighted by atomic mass is 10.1. The first kappa shape index (κ1) is 11.3. The Morgan fingerprint density at radius 3 is 2.36 bits per heavy atom. The van der Waals surface area contributed by atoms with E-state index in [-0.39, 0.29) is 0 Å². The second-order valence-electron chi connectivity index (χ2n) is 2.66. The van der Waals surface area contributed by atoms with Crippen molar-refractivity contribution < 1.29 is 17.6 Å². The van der Waals surface area contributed by atoms with Gasteiger partial charge < -0.3 is 5.73 Å². The van der Waals surface area contributed by atoms with E-state index in [1.165, 1.54) is 0 Å². The molecule has 0 saturated carbocycles. The summed E-state index contributed by atoms with van der Waals surface area (Å²) >= 11 is 5.34. The molecule has 0 saturated heterocycles. The lowest BCUT2D eigenvalue weighted by Crippen LogP contribution is -2.28. The van der Waals surface area contributed by atoms with Gasteiger partial charge in [0.05, 0.1) is 5.02 Å². The number of benzene rings is 1. The van der Waals surface area contributed by atoms with Crippen molar-refractivity contribution in [3.8, 4) is 0 Å². The van der Waals surface area contributed by atoms with Crippen molar-refractivity contribution >= 4 is 11.6 Å².